The minimum atomic E-state index is -0.00657. The summed E-state index contributed by atoms with van der Waals surface area (Å²) in [4.78, 5) is 0. The Bertz CT molecular complexity index is 495. The number of benzene rings is 1. The molecule has 4 nitrogen and oxygen atoms in total. The normalized spacial score (nSPS) is 12.6. The summed E-state index contributed by atoms with van der Waals surface area (Å²) in [6.45, 7) is 0. The molecule has 1 aromatic heterocycles. The van der Waals surface area contributed by atoms with Gasteiger partial charge in [0.15, 0.2) is 0 Å². The Balaban J connectivity index is 2.20. The van der Waals surface area contributed by atoms with Crippen LogP contribution in [0.15, 0.2) is 36.7 Å². The molecule has 0 amide bonds. The summed E-state index contributed by atoms with van der Waals surface area (Å²) >= 11 is 6.15. The summed E-state index contributed by atoms with van der Waals surface area (Å²) in [6.07, 6.45) is 4.57. The van der Waals surface area contributed by atoms with Crippen LogP contribution < -0.4 is 11.3 Å². The molecular formula is C12H15ClN4. The molecule has 3 N–H and O–H groups in total. The highest BCUT2D eigenvalue weighted by molar-refractivity contribution is 6.31. The van der Waals surface area contributed by atoms with Crippen LogP contribution in [0.4, 0.5) is 0 Å². The van der Waals surface area contributed by atoms with Gasteiger partial charge < -0.3 is 0 Å². The van der Waals surface area contributed by atoms with E-state index in [1.54, 1.807) is 4.68 Å². The summed E-state index contributed by atoms with van der Waals surface area (Å²) in [5.74, 6) is 5.59. The molecule has 0 saturated heterocycles. The molecule has 0 saturated carbocycles. The molecular weight excluding hydrogens is 236 g/mol. The maximum atomic E-state index is 6.15. The molecule has 17 heavy (non-hydrogen) atoms. The number of nitrogens with one attached hydrogen (secondary N) is 1. The lowest BCUT2D eigenvalue weighted by molar-refractivity contribution is 0.552. The third-order valence-electron chi connectivity index (χ3n) is 2.68. The molecule has 1 aromatic carbocycles. The number of nitrogens with two attached hydrogens (primary N) is 1. The fraction of sp³-hybridized carbons (Fsp3) is 0.250. The van der Waals surface area contributed by atoms with Crippen LogP contribution >= 0.6 is 11.6 Å². The number of nitrogens with zero attached hydrogens (tertiary/aromatic N) is 2. The van der Waals surface area contributed by atoms with Crippen molar-refractivity contribution in [2.45, 2.75) is 12.5 Å². The fourth-order valence-electron chi connectivity index (χ4n) is 1.83. The monoisotopic (exact) mass is 250 g/mol. The van der Waals surface area contributed by atoms with Crippen molar-refractivity contribution in [2.75, 3.05) is 0 Å². The van der Waals surface area contributed by atoms with E-state index in [0.29, 0.717) is 0 Å². The van der Waals surface area contributed by atoms with Crippen molar-refractivity contribution < 1.29 is 0 Å². The van der Waals surface area contributed by atoms with E-state index in [9.17, 15) is 0 Å². The third-order valence-corrected chi connectivity index (χ3v) is 3.02. The molecule has 1 atom stereocenters. The maximum absolute atomic E-state index is 6.15. The molecule has 2 aromatic rings. The summed E-state index contributed by atoms with van der Waals surface area (Å²) in [6, 6.07) is 7.69. The Morgan fingerprint density at radius 1 is 1.47 bits per heavy atom. The van der Waals surface area contributed by atoms with E-state index in [4.69, 9.17) is 17.4 Å². The number of rotatable bonds is 4. The molecule has 0 radical (unpaired) electrons. The average Bonchev–Trinajstić information content (AvgIpc) is 2.73. The zero-order chi connectivity index (χ0) is 12.3. The lowest BCUT2D eigenvalue weighted by Crippen LogP contribution is -2.29. The van der Waals surface area contributed by atoms with Gasteiger partial charge in [-0.15, -0.1) is 0 Å². The molecule has 1 unspecified atom stereocenters. The first-order chi connectivity index (χ1) is 8.20. The zero-order valence-corrected chi connectivity index (χ0v) is 10.4. The van der Waals surface area contributed by atoms with E-state index in [1.165, 1.54) is 0 Å². The van der Waals surface area contributed by atoms with Gasteiger partial charge in [-0.05, 0) is 23.6 Å². The van der Waals surface area contributed by atoms with Crippen molar-refractivity contribution in [3.8, 4) is 0 Å². The largest absolute Gasteiger partial charge is 0.276 e. The number of hydrogen-bond donors (Lipinski definition) is 2. The van der Waals surface area contributed by atoms with Gasteiger partial charge in [-0.2, -0.15) is 5.10 Å². The van der Waals surface area contributed by atoms with Crippen LogP contribution in [0.3, 0.4) is 0 Å². The number of halogens is 1. The summed E-state index contributed by atoms with van der Waals surface area (Å²) in [5.41, 5.74) is 4.92. The van der Waals surface area contributed by atoms with Crippen LogP contribution in [0.1, 0.15) is 17.2 Å². The van der Waals surface area contributed by atoms with Crippen LogP contribution in [-0.2, 0) is 13.5 Å². The Morgan fingerprint density at radius 2 is 2.24 bits per heavy atom. The first kappa shape index (κ1) is 12.1. The molecule has 0 spiro atoms. The van der Waals surface area contributed by atoms with Crippen molar-refractivity contribution in [3.05, 3.63) is 52.8 Å². The van der Waals surface area contributed by atoms with Crippen molar-refractivity contribution in [1.82, 2.24) is 15.2 Å². The topological polar surface area (TPSA) is 55.9 Å². The maximum Gasteiger partial charge on any atom is 0.0522 e. The molecule has 0 fully saturated rings. The van der Waals surface area contributed by atoms with E-state index in [-0.39, 0.29) is 6.04 Å². The number of aromatic nitrogens is 2. The highest BCUT2D eigenvalue weighted by Crippen LogP contribution is 2.24. The van der Waals surface area contributed by atoms with Gasteiger partial charge in [0, 0.05) is 18.3 Å². The third kappa shape index (κ3) is 2.85. The van der Waals surface area contributed by atoms with Gasteiger partial charge in [0.25, 0.3) is 0 Å². The van der Waals surface area contributed by atoms with Crippen LogP contribution in [0.5, 0.6) is 0 Å². The van der Waals surface area contributed by atoms with Crippen LogP contribution in [0.25, 0.3) is 0 Å². The van der Waals surface area contributed by atoms with Crippen molar-refractivity contribution >= 4 is 11.6 Å². The molecule has 0 aliphatic rings. The van der Waals surface area contributed by atoms with Gasteiger partial charge in [-0.1, -0.05) is 29.8 Å². The van der Waals surface area contributed by atoms with Crippen LogP contribution in [-0.4, -0.2) is 9.78 Å². The highest BCUT2D eigenvalue weighted by atomic mass is 35.5. The van der Waals surface area contributed by atoms with Crippen LogP contribution in [0, 0.1) is 0 Å². The first-order valence-corrected chi connectivity index (χ1v) is 5.76. The number of hydrogen-bond acceptors (Lipinski definition) is 3. The Hall–Kier alpha value is -1.36. The number of aryl methyl sites for hydroxylation is 1. The van der Waals surface area contributed by atoms with Gasteiger partial charge in [0.2, 0.25) is 0 Å². The van der Waals surface area contributed by atoms with E-state index < -0.39 is 0 Å². The van der Waals surface area contributed by atoms with Crippen LogP contribution in [0.2, 0.25) is 5.02 Å². The van der Waals surface area contributed by atoms with Crippen molar-refractivity contribution in [2.24, 2.45) is 12.9 Å². The molecule has 1 heterocycles. The van der Waals surface area contributed by atoms with Gasteiger partial charge in [-0.3, -0.25) is 16.0 Å². The molecule has 5 heteroatoms. The predicted molar refractivity (Wildman–Crippen MR) is 68.4 cm³/mol. The SMILES string of the molecule is Cn1cc(CC(NN)c2ccccc2Cl)cn1. The summed E-state index contributed by atoms with van der Waals surface area (Å²) < 4.78 is 1.77. The smallest absolute Gasteiger partial charge is 0.0522 e. The Morgan fingerprint density at radius 3 is 2.82 bits per heavy atom. The molecule has 0 bridgehead atoms. The first-order valence-electron chi connectivity index (χ1n) is 5.39. The molecule has 90 valence electrons. The Labute approximate surface area is 105 Å². The van der Waals surface area contributed by atoms with Gasteiger partial charge in [0.05, 0.1) is 12.2 Å². The molecule has 2 rings (SSSR count). The predicted octanol–water partition coefficient (Wildman–Crippen LogP) is 1.82. The average molecular weight is 251 g/mol. The van der Waals surface area contributed by atoms with Crippen molar-refractivity contribution in [3.63, 3.8) is 0 Å². The number of hydrazine groups is 1. The highest BCUT2D eigenvalue weighted by Gasteiger charge is 2.14. The lowest BCUT2D eigenvalue weighted by atomic mass is 10.0. The van der Waals surface area contributed by atoms with E-state index >= 15 is 0 Å². The quantitative estimate of drug-likeness (QED) is 0.643. The van der Waals surface area contributed by atoms with Gasteiger partial charge in [-0.25, -0.2) is 0 Å². The second kappa shape index (κ2) is 5.31. The summed E-state index contributed by atoms with van der Waals surface area (Å²) in [5, 5.41) is 4.86. The summed E-state index contributed by atoms with van der Waals surface area (Å²) in [7, 11) is 1.89. The van der Waals surface area contributed by atoms with E-state index in [0.717, 1.165) is 22.6 Å². The molecule has 0 aliphatic carbocycles. The second-order valence-corrected chi connectivity index (χ2v) is 4.37. The standard InChI is InChI=1S/C12H15ClN4/c1-17-8-9(7-15-17)6-12(16-14)10-4-2-3-5-11(10)13/h2-5,7-8,12,16H,6,14H2,1H3. The zero-order valence-electron chi connectivity index (χ0n) is 9.60. The minimum Gasteiger partial charge on any atom is -0.276 e. The fourth-order valence-corrected chi connectivity index (χ4v) is 2.10. The second-order valence-electron chi connectivity index (χ2n) is 3.97. The van der Waals surface area contributed by atoms with Gasteiger partial charge >= 0.3 is 0 Å². The Kier molecular flexibility index (Phi) is 3.78. The van der Waals surface area contributed by atoms with Crippen molar-refractivity contribution in [1.29, 1.82) is 0 Å². The minimum absolute atomic E-state index is 0.00657. The van der Waals surface area contributed by atoms with E-state index in [2.05, 4.69) is 10.5 Å². The lowest BCUT2D eigenvalue weighted by Gasteiger charge is -2.16. The van der Waals surface area contributed by atoms with E-state index in [1.807, 2.05) is 43.7 Å². The van der Waals surface area contributed by atoms with Gasteiger partial charge in [0.1, 0.15) is 0 Å². The molecule has 0 aliphatic heterocycles.